The van der Waals surface area contributed by atoms with Crippen LogP contribution in [0.25, 0.3) is 11.4 Å². The lowest BCUT2D eigenvalue weighted by atomic mass is 10.2. The molecule has 1 saturated heterocycles. The third-order valence-electron chi connectivity index (χ3n) is 4.85. The molecule has 1 atom stereocenters. The zero-order chi connectivity index (χ0) is 20.9. The first kappa shape index (κ1) is 20.0. The van der Waals surface area contributed by atoms with Crippen LogP contribution in [0.3, 0.4) is 0 Å². The van der Waals surface area contributed by atoms with Gasteiger partial charge in [-0.1, -0.05) is 30.3 Å². The van der Waals surface area contributed by atoms with Gasteiger partial charge in [0.1, 0.15) is 24.0 Å². The van der Waals surface area contributed by atoms with E-state index in [-0.39, 0.29) is 12.5 Å². The lowest BCUT2D eigenvalue weighted by Gasteiger charge is -2.22. The highest BCUT2D eigenvalue weighted by atomic mass is 32.1. The molecule has 2 aromatic heterocycles. The van der Waals surface area contributed by atoms with E-state index < -0.39 is 12.1 Å². The van der Waals surface area contributed by atoms with Gasteiger partial charge in [0.2, 0.25) is 5.91 Å². The highest BCUT2D eigenvalue weighted by Gasteiger charge is 2.35. The Morgan fingerprint density at radius 3 is 2.83 bits per heavy atom. The van der Waals surface area contributed by atoms with Crippen LogP contribution < -0.4 is 5.32 Å². The Bertz CT molecular complexity index is 1040. The summed E-state index contributed by atoms with van der Waals surface area (Å²) in [4.78, 5) is 39.7. The predicted molar refractivity (Wildman–Crippen MR) is 113 cm³/mol. The molecule has 3 aromatic rings. The Labute approximate surface area is 178 Å². The standard InChI is InChI=1S/C21H21N5O3S/c1-14-18(23-10-9-22-14)16-13-30-20(24-16)25-19(27)17-8-5-11-26(17)21(28)29-12-15-6-3-2-4-7-15/h2-4,6-7,9-10,13,17H,5,8,11-12H2,1H3,(H,24,25,27)/t17-/m0/s1. The topological polar surface area (TPSA) is 97.3 Å². The van der Waals surface area contributed by atoms with Gasteiger partial charge in [-0.05, 0) is 25.3 Å². The number of benzene rings is 1. The molecule has 9 heteroatoms. The van der Waals surface area contributed by atoms with E-state index in [1.54, 1.807) is 12.4 Å². The molecule has 8 nitrogen and oxygen atoms in total. The summed E-state index contributed by atoms with van der Waals surface area (Å²) in [6.45, 7) is 2.53. The van der Waals surface area contributed by atoms with Crippen molar-refractivity contribution >= 4 is 28.5 Å². The number of aromatic nitrogens is 3. The molecular formula is C21H21N5O3S. The molecule has 1 N–H and O–H groups in total. The molecule has 0 radical (unpaired) electrons. The maximum absolute atomic E-state index is 12.8. The summed E-state index contributed by atoms with van der Waals surface area (Å²) < 4.78 is 5.40. The summed E-state index contributed by atoms with van der Waals surface area (Å²) in [6.07, 6.45) is 4.09. The van der Waals surface area contributed by atoms with E-state index in [1.165, 1.54) is 16.2 Å². The average Bonchev–Trinajstić information content (AvgIpc) is 3.43. The Balaban J connectivity index is 1.38. The van der Waals surface area contributed by atoms with Gasteiger partial charge in [-0.3, -0.25) is 19.7 Å². The van der Waals surface area contributed by atoms with Crippen molar-refractivity contribution in [3.63, 3.8) is 0 Å². The Hall–Kier alpha value is -3.33. The summed E-state index contributed by atoms with van der Waals surface area (Å²) in [5.41, 5.74) is 3.01. The van der Waals surface area contributed by atoms with Gasteiger partial charge in [-0.2, -0.15) is 0 Å². The van der Waals surface area contributed by atoms with Crippen LogP contribution in [-0.2, 0) is 16.1 Å². The molecule has 0 unspecified atom stereocenters. The highest BCUT2D eigenvalue weighted by Crippen LogP contribution is 2.26. The normalized spacial score (nSPS) is 15.8. The Kier molecular flexibility index (Phi) is 5.99. The molecule has 154 valence electrons. The van der Waals surface area contributed by atoms with Crippen LogP contribution in [0.15, 0.2) is 48.1 Å². The first-order valence-electron chi connectivity index (χ1n) is 9.63. The van der Waals surface area contributed by atoms with Crippen molar-refractivity contribution in [1.82, 2.24) is 19.9 Å². The number of ether oxygens (including phenoxy) is 1. The lowest BCUT2D eigenvalue weighted by molar-refractivity contribution is -0.120. The van der Waals surface area contributed by atoms with Gasteiger partial charge in [-0.25, -0.2) is 9.78 Å². The second-order valence-corrected chi connectivity index (χ2v) is 7.77. The van der Waals surface area contributed by atoms with E-state index in [0.717, 1.165) is 17.7 Å². The van der Waals surface area contributed by atoms with Gasteiger partial charge in [0.25, 0.3) is 0 Å². The van der Waals surface area contributed by atoms with Crippen molar-refractivity contribution in [2.45, 2.75) is 32.4 Å². The Morgan fingerprint density at radius 2 is 2.03 bits per heavy atom. The molecule has 1 aliphatic heterocycles. The minimum absolute atomic E-state index is 0.178. The Morgan fingerprint density at radius 1 is 1.23 bits per heavy atom. The van der Waals surface area contributed by atoms with Crippen molar-refractivity contribution in [1.29, 1.82) is 0 Å². The van der Waals surface area contributed by atoms with E-state index >= 15 is 0 Å². The number of hydrogen-bond acceptors (Lipinski definition) is 7. The van der Waals surface area contributed by atoms with E-state index in [4.69, 9.17) is 4.74 Å². The zero-order valence-corrected chi connectivity index (χ0v) is 17.3. The number of rotatable bonds is 5. The number of thiazole rings is 1. The fraction of sp³-hybridized carbons (Fsp3) is 0.286. The monoisotopic (exact) mass is 423 g/mol. The van der Waals surface area contributed by atoms with Crippen LogP contribution in [0.5, 0.6) is 0 Å². The number of nitrogens with one attached hydrogen (secondary N) is 1. The summed E-state index contributed by atoms with van der Waals surface area (Å²) in [6, 6.07) is 8.89. The molecule has 1 aliphatic rings. The van der Waals surface area contributed by atoms with Crippen LogP contribution in [0.1, 0.15) is 24.1 Å². The third kappa shape index (κ3) is 4.46. The minimum atomic E-state index is -0.570. The predicted octanol–water partition coefficient (Wildman–Crippen LogP) is 3.65. The van der Waals surface area contributed by atoms with Crippen LogP contribution >= 0.6 is 11.3 Å². The van der Waals surface area contributed by atoms with Crippen LogP contribution in [-0.4, -0.2) is 44.4 Å². The molecule has 2 amide bonds. The molecule has 1 aromatic carbocycles. The number of hydrogen-bond donors (Lipinski definition) is 1. The second-order valence-electron chi connectivity index (χ2n) is 6.91. The van der Waals surface area contributed by atoms with Gasteiger partial charge in [0.05, 0.1) is 5.69 Å². The summed E-state index contributed by atoms with van der Waals surface area (Å²) in [5, 5.41) is 5.11. The van der Waals surface area contributed by atoms with E-state index in [0.29, 0.717) is 29.5 Å². The quantitative estimate of drug-likeness (QED) is 0.673. The van der Waals surface area contributed by atoms with Crippen molar-refractivity contribution < 1.29 is 14.3 Å². The maximum atomic E-state index is 12.8. The minimum Gasteiger partial charge on any atom is -0.445 e. The van der Waals surface area contributed by atoms with Crippen LogP contribution in [0, 0.1) is 6.92 Å². The van der Waals surface area contributed by atoms with E-state index in [1.807, 2.05) is 42.6 Å². The van der Waals surface area contributed by atoms with Crippen LogP contribution in [0.4, 0.5) is 9.93 Å². The molecule has 0 bridgehead atoms. The van der Waals surface area contributed by atoms with Gasteiger partial charge >= 0.3 is 6.09 Å². The highest BCUT2D eigenvalue weighted by molar-refractivity contribution is 7.14. The molecule has 30 heavy (non-hydrogen) atoms. The SMILES string of the molecule is Cc1nccnc1-c1csc(NC(=O)[C@@H]2CCCN2C(=O)OCc2ccccc2)n1. The number of carbonyl (C=O) groups excluding carboxylic acids is 2. The number of likely N-dealkylation sites (tertiary alicyclic amines) is 1. The molecule has 4 rings (SSSR count). The van der Waals surface area contributed by atoms with E-state index in [2.05, 4.69) is 20.3 Å². The van der Waals surface area contributed by atoms with Gasteiger partial charge in [0, 0.05) is 24.3 Å². The smallest absolute Gasteiger partial charge is 0.410 e. The fourth-order valence-corrected chi connectivity index (χ4v) is 4.05. The summed E-state index contributed by atoms with van der Waals surface area (Å²) in [7, 11) is 0. The molecule has 0 aliphatic carbocycles. The number of aryl methyl sites for hydroxylation is 1. The molecule has 0 spiro atoms. The van der Waals surface area contributed by atoms with E-state index in [9.17, 15) is 9.59 Å². The van der Waals surface area contributed by atoms with Crippen LogP contribution in [0.2, 0.25) is 0 Å². The molecule has 0 saturated carbocycles. The first-order valence-corrected chi connectivity index (χ1v) is 10.5. The zero-order valence-electron chi connectivity index (χ0n) is 16.4. The fourth-order valence-electron chi connectivity index (χ4n) is 3.35. The van der Waals surface area contributed by atoms with Crippen molar-refractivity contribution in [2.24, 2.45) is 0 Å². The van der Waals surface area contributed by atoms with Gasteiger partial charge in [-0.15, -0.1) is 11.3 Å². The summed E-state index contributed by atoms with van der Waals surface area (Å²) >= 11 is 1.31. The number of amides is 2. The van der Waals surface area contributed by atoms with Crippen molar-refractivity contribution in [2.75, 3.05) is 11.9 Å². The largest absolute Gasteiger partial charge is 0.445 e. The average molecular weight is 423 g/mol. The summed E-state index contributed by atoms with van der Waals surface area (Å²) in [5.74, 6) is -0.263. The van der Waals surface area contributed by atoms with Gasteiger partial charge < -0.3 is 10.1 Å². The van der Waals surface area contributed by atoms with Crippen molar-refractivity contribution in [3.8, 4) is 11.4 Å². The third-order valence-corrected chi connectivity index (χ3v) is 5.61. The maximum Gasteiger partial charge on any atom is 0.410 e. The molecule has 3 heterocycles. The van der Waals surface area contributed by atoms with Crippen molar-refractivity contribution in [3.05, 3.63) is 59.4 Å². The second kappa shape index (κ2) is 9.00. The number of carbonyl (C=O) groups is 2. The lowest BCUT2D eigenvalue weighted by Crippen LogP contribution is -2.43. The van der Waals surface area contributed by atoms with Gasteiger partial charge in [0.15, 0.2) is 5.13 Å². The number of anilines is 1. The first-order chi connectivity index (χ1) is 14.6. The molecular weight excluding hydrogens is 402 g/mol. The number of nitrogens with zero attached hydrogens (tertiary/aromatic N) is 4. The molecule has 1 fully saturated rings.